The summed E-state index contributed by atoms with van der Waals surface area (Å²) in [5.74, 6) is 0. The number of piperazine rings is 1. The van der Waals surface area contributed by atoms with Gasteiger partial charge in [0.1, 0.15) is 0 Å². The predicted octanol–water partition coefficient (Wildman–Crippen LogP) is 2.00. The molecule has 82 valence electrons. The summed E-state index contributed by atoms with van der Waals surface area (Å²) in [6.45, 7) is 7.36. The fraction of sp³-hybridized carbons (Fsp3) is 1.00. The maximum Gasteiger partial charge on any atom is 0.0309 e. The van der Waals surface area contributed by atoms with Crippen molar-refractivity contribution in [2.24, 2.45) is 0 Å². The minimum Gasteiger partial charge on any atom is -0.309 e. The number of rotatable bonds is 2. The first-order valence-corrected chi connectivity index (χ1v) is 6.32. The molecule has 2 rings (SSSR count). The Morgan fingerprint density at radius 3 is 2.71 bits per heavy atom. The SMILES string of the molecule is CCCN1CCNC2(CCCCC2)C1. The molecule has 1 N–H and O–H groups in total. The molecule has 0 atom stereocenters. The molecule has 0 radical (unpaired) electrons. The highest BCUT2D eigenvalue weighted by Crippen LogP contribution is 2.30. The third-order valence-electron chi connectivity index (χ3n) is 3.80. The smallest absolute Gasteiger partial charge is 0.0309 e. The second-order valence-corrected chi connectivity index (χ2v) is 5.04. The van der Waals surface area contributed by atoms with Gasteiger partial charge in [-0.15, -0.1) is 0 Å². The van der Waals surface area contributed by atoms with E-state index in [0.29, 0.717) is 5.54 Å². The van der Waals surface area contributed by atoms with Gasteiger partial charge in [0, 0.05) is 25.2 Å². The third kappa shape index (κ3) is 2.29. The second kappa shape index (κ2) is 4.63. The predicted molar refractivity (Wildman–Crippen MR) is 60.5 cm³/mol. The first-order chi connectivity index (χ1) is 6.85. The molecule has 0 aromatic carbocycles. The van der Waals surface area contributed by atoms with Crippen LogP contribution in [0.2, 0.25) is 0 Å². The van der Waals surface area contributed by atoms with Crippen molar-refractivity contribution in [3.63, 3.8) is 0 Å². The summed E-state index contributed by atoms with van der Waals surface area (Å²) in [4.78, 5) is 2.65. The van der Waals surface area contributed by atoms with E-state index in [9.17, 15) is 0 Å². The lowest BCUT2D eigenvalue weighted by Crippen LogP contribution is -2.61. The van der Waals surface area contributed by atoms with Crippen LogP contribution >= 0.6 is 0 Å². The van der Waals surface area contributed by atoms with Crippen LogP contribution in [0, 0.1) is 0 Å². The summed E-state index contributed by atoms with van der Waals surface area (Å²) >= 11 is 0. The Morgan fingerprint density at radius 2 is 2.00 bits per heavy atom. The van der Waals surface area contributed by atoms with E-state index >= 15 is 0 Å². The van der Waals surface area contributed by atoms with Crippen LogP contribution in [0.4, 0.5) is 0 Å². The minimum absolute atomic E-state index is 0.506. The molecule has 0 amide bonds. The molecule has 1 saturated carbocycles. The molecule has 1 aliphatic carbocycles. The van der Waals surface area contributed by atoms with Gasteiger partial charge >= 0.3 is 0 Å². The van der Waals surface area contributed by atoms with E-state index in [4.69, 9.17) is 0 Å². The molecule has 1 spiro atoms. The lowest BCUT2D eigenvalue weighted by atomic mass is 9.80. The molecule has 0 bridgehead atoms. The van der Waals surface area contributed by atoms with Gasteiger partial charge in [0.15, 0.2) is 0 Å². The highest BCUT2D eigenvalue weighted by Gasteiger charge is 2.35. The van der Waals surface area contributed by atoms with Crippen molar-refractivity contribution in [1.29, 1.82) is 0 Å². The Hall–Kier alpha value is -0.0800. The van der Waals surface area contributed by atoms with Gasteiger partial charge in [-0.3, -0.25) is 0 Å². The standard InChI is InChI=1S/C12H24N2/c1-2-9-14-10-8-13-12(11-14)6-4-3-5-7-12/h13H,2-11H2,1H3. The van der Waals surface area contributed by atoms with Gasteiger partial charge in [-0.25, -0.2) is 0 Å². The number of hydrogen-bond donors (Lipinski definition) is 1. The van der Waals surface area contributed by atoms with E-state index in [-0.39, 0.29) is 0 Å². The van der Waals surface area contributed by atoms with E-state index in [2.05, 4.69) is 17.1 Å². The van der Waals surface area contributed by atoms with Crippen molar-refractivity contribution in [1.82, 2.24) is 10.2 Å². The van der Waals surface area contributed by atoms with Crippen LogP contribution in [0.5, 0.6) is 0 Å². The first kappa shape index (κ1) is 10.4. The van der Waals surface area contributed by atoms with Gasteiger partial charge in [0.05, 0.1) is 0 Å². The first-order valence-electron chi connectivity index (χ1n) is 6.32. The lowest BCUT2D eigenvalue weighted by Gasteiger charge is -2.46. The van der Waals surface area contributed by atoms with E-state index in [1.807, 2.05) is 0 Å². The summed E-state index contributed by atoms with van der Waals surface area (Å²) in [6.07, 6.45) is 8.45. The minimum atomic E-state index is 0.506. The second-order valence-electron chi connectivity index (χ2n) is 5.04. The quantitative estimate of drug-likeness (QED) is 0.727. The molecule has 0 aromatic rings. The Kier molecular flexibility index (Phi) is 3.45. The van der Waals surface area contributed by atoms with Crippen molar-refractivity contribution in [2.45, 2.75) is 51.0 Å². The maximum absolute atomic E-state index is 3.78. The summed E-state index contributed by atoms with van der Waals surface area (Å²) in [7, 11) is 0. The highest BCUT2D eigenvalue weighted by atomic mass is 15.2. The van der Waals surface area contributed by atoms with Crippen LogP contribution in [0.3, 0.4) is 0 Å². The average Bonchev–Trinajstić information content (AvgIpc) is 2.19. The van der Waals surface area contributed by atoms with Gasteiger partial charge in [-0.2, -0.15) is 0 Å². The van der Waals surface area contributed by atoms with Gasteiger partial charge in [0.2, 0.25) is 0 Å². The lowest BCUT2D eigenvalue weighted by molar-refractivity contribution is 0.0996. The number of nitrogens with one attached hydrogen (secondary N) is 1. The Morgan fingerprint density at radius 1 is 1.21 bits per heavy atom. The van der Waals surface area contributed by atoms with Crippen molar-refractivity contribution >= 4 is 0 Å². The molecular formula is C12H24N2. The van der Waals surface area contributed by atoms with Gasteiger partial charge in [-0.05, 0) is 25.8 Å². The van der Waals surface area contributed by atoms with Crippen molar-refractivity contribution in [3.8, 4) is 0 Å². The van der Waals surface area contributed by atoms with E-state index < -0.39 is 0 Å². The molecule has 1 aliphatic heterocycles. The maximum atomic E-state index is 3.78. The number of nitrogens with zero attached hydrogens (tertiary/aromatic N) is 1. The normalized spacial score (nSPS) is 28.1. The van der Waals surface area contributed by atoms with Crippen molar-refractivity contribution < 1.29 is 0 Å². The third-order valence-corrected chi connectivity index (χ3v) is 3.80. The topological polar surface area (TPSA) is 15.3 Å². The summed E-state index contributed by atoms with van der Waals surface area (Å²) < 4.78 is 0. The summed E-state index contributed by atoms with van der Waals surface area (Å²) in [6, 6.07) is 0. The molecular weight excluding hydrogens is 172 g/mol. The molecule has 1 heterocycles. The van der Waals surface area contributed by atoms with Crippen LogP contribution in [0.15, 0.2) is 0 Å². The van der Waals surface area contributed by atoms with Gasteiger partial charge in [0.25, 0.3) is 0 Å². The fourth-order valence-electron chi connectivity index (χ4n) is 3.11. The molecule has 1 saturated heterocycles. The molecule has 0 aromatic heterocycles. The Bertz CT molecular complexity index is 166. The summed E-state index contributed by atoms with van der Waals surface area (Å²) in [5.41, 5.74) is 0.506. The zero-order valence-corrected chi connectivity index (χ0v) is 9.52. The molecule has 14 heavy (non-hydrogen) atoms. The van der Waals surface area contributed by atoms with Crippen molar-refractivity contribution in [3.05, 3.63) is 0 Å². The zero-order chi connectivity index (χ0) is 9.86. The van der Waals surface area contributed by atoms with E-state index in [1.54, 1.807) is 0 Å². The van der Waals surface area contributed by atoms with Crippen molar-refractivity contribution in [2.75, 3.05) is 26.2 Å². The van der Waals surface area contributed by atoms with Crippen LogP contribution in [0.25, 0.3) is 0 Å². The van der Waals surface area contributed by atoms with E-state index in [0.717, 1.165) is 0 Å². The molecule has 2 fully saturated rings. The fourth-order valence-corrected chi connectivity index (χ4v) is 3.11. The Labute approximate surface area is 88.1 Å². The Balaban J connectivity index is 1.91. The van der Waals surface area contributed by atoms with E-state index in [1.165, 1.54) is 64.7 Å². The molecule has 0 unspecified atom stereocenters. The molecule has 2 nitrogen and oxygen atoms in total. The average molecular weight is 196 g/mol. The highest BCUT2D eigenvalue weighted by molar-refractivity contribution is 4.96. The molecule has 2 aliphatic rings. The molecule has 2 heteroatoms. The number of hydrogen-bond acceptors (Lipinski definition) is 2. The monoisotopic (exact) mass is 196 g/mol. The largest absolute Gasteiger partial charge is 0.309 e. The zero-order valence-electron chi connectivity index (χ0n) is 9.52. The van der Waals surface area contributed by atoms with Crippen LogP contribution in [-0.2, 0) is 0 Å². The van der Waals surface area contributed by atoms with Crippen LogP contribution in [0.1, 0.15) is 45.4 Å². The van der Waals surface area contributed by atoms with Gasteiger partial charge in [-0.1, -0.05) is 26.2 Å². The summed E-state index contributed by atoms with van der Waals surface area (Å²) in [5, 5.41) is 3.78. The van der Waals surface area contributed by atoms with Crippen LogP contribution in [-0.4, -0.2) is 36.6 Å². The van der Waals surface area contributed by atoms with Gasteiger partial charge < -0.3 is 10.2 Å². The van der Waals surface area contributed by atoms with Crippen LogP contribution < -0.4 is 5.32 Å².